The summed E-state index contributed by atoms with van der Waals surface area (Å²) in [5, 5.41) is 9.12. The van der Waals surface area contributed by atoms with Crippen LogP contribution in [0.25, 0.3) is 0 Å². The average Bonchev–Trinajstić information content (AvgIpc) is 3.83. The fraction of sp³-hybridized carbons (Fsp3) is 0.583. The van der Waals surface area contributed by atoms with Gasteiger partial charge in [0.1, 0.15) is 17.2 Å². The van der Waals surface area contributed by atoms with E-state index in [-0.39, 0.29) is 40.7 Å². The second-order valence-corrected chi connectivity index (χ2v) is 13.0. The predicted molar refractivity (Wildman–Crippen MR) is 178 cm³/mol. The van der Waals surface area contributed by atoms with Gasteiger partial charge < -0.3 is 27.2 Å². The first-order chi connectivity index (χ1) is 20.8. The monoisotopic (exact) mass is 629 g/mol. The van der Waals surface area contributed by atoms with E-state index in [2.05, 4.69) is 53.6 Å². The number of rotatable bonds is 5. The van der Waals surface area contributed by atoms with Gasteiger partial charge in [-0.15, -0.1) is 0 Å². The smallest absolute Gasteiger partial charge is 0.793 e. The molecule has 3 aliphatic rings. The number of hydrogen-bond donors (Lipinski definition) is 1. The summed E-state index contributed by atoms with van der Waals surface area (Å²) in [5.41, 5.74) is 4.15. The Morgan fingerprint density at radius 1 is 0.705 bits per heavy atom. The molecule has 0 atom stereocenters. The molecular formula is C36H52N3NaO3S. The third-order valence-corrected chi connectivity index (χ3v) is 9.14. The summed E-state index contributed by atoms with van der Waals surface area (Å²) in [4.78, 5) is 13.2. The Hall–Kier alpha value is -1.80. The van der Waals surface area contributed by atoms with Gasteiger partial charge >= 0.3 is 29.6 Å². The van der Waals surface area contributed by atoms with Crippen molar-refractivity contribution in [2.75, 3.05) is 20.0 Å². The van der Waals surface area contributed by atoms with Gasteiger partial charge in [0.15, 0.2) is 0 Å². The van der Waals surface area contributed by atoms with E-state index in [1.807, 2.05) is 37.5 Å². The maximum Gasteiger partial charge on any atom is 1.00 e. The molecule has 0 amide bonds. The van der Waals surface area contributed by atoms with E-state index in [0.717, 1.165) is 22.9 Å². The van der Waals surface area contributed by atoms with Crippen LogP contribution < -0.4 is 39.0 Å². The molecule has 8 heteroatoms. The van der Waals surface area contributed by atoms with Crippen molar-refractivity contribution in [2.45, 2.75) is 115 Å². The summed E-state index contributed by atoms with van der Waals surface area (Å²) in [5.74, 6) is 3.48. The first-order valence-corrected chi connectivity index (χ1v) is 16.6. The van der Waals surface area contributed by atoms with E-state index in [1.54, 1.807) is 26.5 Å². The van der Waals surface area contributed by atoms with Gasteiger partial charge in [0.2, 0.25) is 0 Å². The van der Waals surface area contributed by atoms with Crippen LogP contribution >= 0.6 is 0 Å². The van der Waals surface area contributed by atoms with Crippen LogP contribution in [-0.4, -0.2) is 40.0 Å². The number of pyridine rings is 3. The summed E-state index contributed by atoms with van der Waals surface area (Å²) in [6.07, 6.45) is 20.8. The predicted octanol–water partition coefficient (Wildman–Crippen LogP) is 5.85. The van der Waals surface area contributed by atoms with Gasteiger partial charge in [-0.3, -0.25) is 15.0 Å². The minimum atomic E-state index is 0. The summed E-state index contributed by atoms with van der Waals surface area (Å²) >= 11 is 4.39. The third kappa shape index (κ3) is 11.5. The van der Waals surface area contributed by atoms with E-state index in [0.29, 0.717) is 11.3 Å². The van der Waals surface area contributed by atoms with Gasteiger partial charge in [0.25, 0.3) is 0 Å². The van der Waals surface area contributed by atoms with Crippen molar-refractivity contribution < 1.29 is 44.1 Å². The van der Waals surface area contributed by atoms with Gasteiger partial charge in [0.05, 0.1) is 32.8 Å². The Kier molecular flexibility index (Phi) is 17.1. The molecule has 0 unspecified atom stereocenters. The maximum absolute atomic E-state index is 9.12. The Morgan fingerprint density at radius 3 is 1.50 bits per heavy atom. The first kappa shape index (κ1) is 38.4. The minimum absolute atomic E-state index is 0. The molecule has 236 valence electrons. The molecule has 0 aromatic carbocycles. The van der Waals surface area contributed by atoms with E-state index < -0.39 is 0 Å². The molecule has 3 fully saturated rings. The van der Waals surface area contributed by atoms with Crippen molar-refractivity contribution in [2.24, 2.45) is 0 Å². The number of nitrogens with zero attached hydrogens (tertiary/aromatic N) is 3. The molecule has 6 rings (SSSR count). The number of methoxy groups -OCH3 is 2. The summed E-state index contributed by atoms with van der Waals surface area (Å²) < 4.78 is 10.2. The minimum Gasteiger partial charge on any atom is -0.793 e. The number of ether oxygens (including phenoxy) is 2. The van der Waals surface area contributed by atoms with Gasteiger partial charge in [0, 0.05) is 33.8 Å². The van der Waals surface area contributed by atoms with Crippen LogP contribution in [0.3, 0.4) is 0 Å². The topological polar surface area (TPSA) is 77.4 Å². The van der Waals surface area contributed by atoms with Gasteiger partial charge in [-0.25, -0.2) is 0 Å². The zero-order valence-corrected chi connectivity index (χ0v) is 30.8. The van der Waals surface area contributed by atoms with Crippen molar-refractivity contribution >= 4 is 12.6 Å². The molecule has 1 N–H and O–H groups in total. The molecular weight excluding hydrogens is 577 g/mol. The van der Waals surface area contributed by atoms with Gasteiger partial charge in [-0.2, -0.15) is 5.75 Å². The number of aromatic nitrogens is 3. The van der Waals surface area contributed by atoms with E-state index in [4.69, 9.17) is 14.6 Å². The van der Waals surface area contributed by atoms with Crippen LogP contribution in [-0.2, 0) is 23.5 Å². The molecule has 3 heterocycles. The SMILES string of the molecule is CC1(c2ccc(O)cn2)CCCC1.CC[S-].COc1ccc(C2(C)CCCC2)nc1.COc1ccc(C2CCCC2)nc1.[Na+]. The molecule has 3 aliphatic carbocycles. The molecule has 6 nitrogen and oxygen atoms in total. The average molecular weight is 630 g/mol. The maximum atomic E-state index is 9.12. The molecule has 0 saturated heterocycles. The zero-order valence-electron chi connectivity index (χ0n) is 28.0. The van der Waals surface area contributed by atoms with Crippen molar-refractivity contribution in [3.63, 3.8) is 0 Å². The van der Waals surface area contributed by atoms with Crippen LogP contribution in [0.15, 0.2) is 55.0 Å². The standard InChI is InChI=1S/C12H17NO.2C11H15NO.C2H6S.Na/c1-12(7-3-4-8-12)11-6-5-10(14-2)9-13-11;1-11(6-2-3-7-11)10-5-4-9(13)8-12-10;1-13-10-6-7-11(12-8-10)9-4-2-3-5-9;1-2-3;/h5-6,9H,3-4,7-8H2,1-2H3;4-5,8,13H,2-3,6-7H2,1H3;6-9H,2-5H2,1H3;3H,2H2,1H3;/q;;;;+1/p-1. The Bertz CT molecular complexity index is 1170. The summed E-state index contributed by atoms with van der Waals surface area (Å²) in [6, 6.07) is 11.9. The third-order valence-electron chi connectivity index (χ3n) is 9.14. The van der Waals surface area contributed by atoms with Gasteiger partial charge in [-0.1, -0.05) is 59.3 Å². The molecule has 3 saturated carbocycles. The molecule has 0 radical (unpaired) electrons. The van der Waals surface area contributed by atoms with Crippen molar-refractivity contribution in [1.82, 2.24) is 15.0 Å². The Labute approximate surface area is 293 Å². The molecule has 0 aliphatic heterocycles. The first-order valence-electron chi connectivity index (χ1n) is 16.0. The fourth-order valence-corrected chi connectivity index (χ4v) is 6.40. The van der Waals surface area contributed by atoms with Crippen LogP contribution in [0.2, 0.25) is 0 Å². The van der Waals surface area contributed by atoms with Crippen LogP contribution in [0, 0.1) is 0 Å². The van der Waals surface area contributed by atoms with Crippen molar-refractivity contribution in [3.05, 3.63) is 72.1 Å². The van der Waals surface area contributed by atoms with E-state index in [1.165, 1.54) is 88.4 Å². The number of aromatic hydroxyl groups is 1. The zero-order chi connectivity index (χ0) is 31.1. The molecule has 3 aromatic rings. The van der Waals surface area contributed by atoms with Crippen molar-refractivity contribution in [1.29, 1.82) is 0 Å². The second-order valence-electron chi connectivity index (χ2n) is 12.4. The summed E-state index contributed by atoms with van der Waals surface area (Å²) in [7, 11) is 3.35. The Balaban J connectivity index is 0.000000218. The molecule has 0 spiro atoms. The van der Waals surface area contributed by atoms with Crippen LogP contribution in [0.4, 0.5) is 0 Å². The summed E-state index contributed by atoms with van der Waals surface area (Å²) in [6.45, 7) is 6.52. The van der Waals surface area contributed by atoms with Gasteiger partial charge in [-0.05, 0) is 74.9 Å². The van der Waals surface area contributed by atoms with E-state index >= 15 is 0 Å². The Morgan fingerprint density at radius 2 is 1.14 bits per heavy atom. The molecule has 44 heavy (non-hydrogen) atoms. The normalized spacial score (nSPS) is 17.9. The van der Waals surface area contributed by atoms with Crippen LogP contribution in [0.5, 0.6) is 17.2 Å². The largest absolute Gasteiger partial charge is 1.00 e. The number of hydrogen-bond acceptors (Lipinski definition) is 7. The quantitative estimate of drug-likeness (QED) is 0.281. The second kappa shape index (κ2) is 19.7. The van der Waals surface area contributed by atoms with Crippen LogP contribution in [0.1, 0.15) is 121 Å². The molecule has 3 aromatic heterocycles. The van der Waals surface area contributed by atoms with E-state index in [9.17, 15) is 0 Å². The van der Waals surface area contributed by atoms with Crippen molar-refractivity contribution in [3.8, 4) is 17.2 Å². The molecule has 0 bridgehead atoms. The fourth-order valence-electron chi connectivity index (χ4n) is 6.40.